The molecule has 6 heteroatoms. The highest BCUT2D eigenvalue weighted by Crippen LogP contribution is 2.37. The number of phenols is 4. The molecule has 0 unspecified atom stereocenters. The lowest BCUT2D eigenvalue weighted by Crippen LogP contribution is -2.04. The van der Waals surface area contributed by atoms with Crippen molar-refractivity contribution in [1.82, 2.24) is 0 Å². The van der Waals surface area contributed by atoms with Gasteiger partial charge in [-0.3, -0.25) is 0 Å². The molecule has 2 rings (SSSR count). The highest BCUT2D eigenvalue weighted by molar-refractivity contribution is 6.35. The van der Waals surface area contributed by atoms with Gasteiger partial charge in [0.25, 0.3) is 0 Å². The van der Waals surface area contributed by atoms with E-state index in [2.05, 4.69) is 0 Å². The highest BCUT2D eigenvalue weighted by atomic mass is 16.3. The van der Waals surface area contributed by atoms with Crippen LogP contribution in [0.2, 0.25) is 0 Å². The Hall–Kier alpha value is -2.23. The molecule has 2 aromatic rings. The molecule has 2 aromatic carbocycles. The van der Waals surface area contributed by atoms with Crippen LogP contribution in [0.1, 0.15) is 0 Å². The molecule has 0 aliphatic heterocycles. The zero-order valence-electron chi connectivity index (χ0n) is 10.1. The van der Waals surface area contributed by atoms with E-state index in [0.29, 0.717) is 10.9 Å². The minimum absolute atomic E-state index is 0.0160. The van der Waals surface area contributed by atoms with Crippen LogP contribution in [0.25, 0.3) is 11.1 Å². The van der Waals surface area contributed by atoms with Crippen LogP contribution >= 0.6 is 0 Å². The first-order chi connectivity index (χ1) is 8.40. The van der Waals surface area contributed by atoms with Crippen molar-refractivity contribution in [2.45, 2.75) is 0 Å². The van der Waals surface area contributed by atoms with Gasteiger partial charge in [-0.15, -0.1) is 0 Å². The van der Waals surface area contributed by atoms with Gasteiger partial charge in [-0.1, -0.05) is 0 Å². The van der Waals surface area contributed by atoms with Crippen LogP contribution < -0.4 is 10.9 Å². The maximum Gasteiger partial charge on any atom is 0.144 e. The van der Waals surface area contributed by atoms with Crippen LogP contribution in [-0.2, 0) is 0 Å². The highest BCUT2D eigenvalue weighted by Gasteiger charge is 2.13. The predicted molar refractivity (Wildman–Crippen MR) is 74.9 cm³/mol. The smallest absolute Gasteiger partial charge is 0.144 e. The van der Waals surface area contributed by atoms with Gasteiger partial charge >= 0.3 is 0 Å². The third kappa shape index (κ3) is 1.97. The molecule has 90 valence electrons. The molecule has 0 fully saturated rings. The summed E-state index contributed by atoms with van der Waals surface area (Å²) in [4.78, 5) is 0. The summed E-state index contributed by atoms with van der Waals surface area (Å²) in [5.41, 5.74) is 1.61. The van der Waals surface area contributed by atoms with Crippen molar-refractivity contribution in [3.63, 3.8) is 0 Å². The van der Waals surface area contributed by atoms with Crippen LogP contribution in [0.15, 0.2) is 24.3 Å². The number of hydrogen-bond donors (Lipinski definition) is 4. The first-order valence-corrected chi connectivity index (χ1v) is 5.45. The van der Waals surface area contributed by atoms with Crippen molar-refractivity contribution < 1.29 is 20.4 Å². The topological polar surface area (TPSA) is 80.9 Å². The van der Waals surface area contributed by atoms with E-state index in [-0.39, 0.29) is 34.1 Å². The molecule has 0 aliphatic rings. The van der Waals surface area contributed by atoms with Gasteiger partial charge in [-0.25, -0.2) is 0 Å². The van der Waals surface area contributed by atoms with E-state index in [4.69, 9.17) is 0 Å². The largest absolute Gasteiger partial charge is 0.509 e. The zero-order valence-corrected chi connectivity index (χ0v) is 10.1. The third-order valence-electron chi connectivity index (χ3n) is 2.92. The molecule has 0 heterocycles. The van der Waals surface area contributed by atoms with Gasteiger partial charge in [0.15, 0.2) is 0 Å². The van der Waals surface area contributed by atoms with Crippen molar-refractivity contribution >= 4 is 26.6 Å². The van der Waals surface area contributed by atoms with E-state index in [1.807, 2.05) is 0 Å². The maximum absolute atomic E-state index is 9.85. The van der Waals surface area contributed by atoms with Crippen LogP contribution in [-0.4, -0.2) is 36.1 Å². The number of rotatable bonds is 1. The van der Waals surface area contributed by atoms with Gasteiger partial charge < -0.3 is 20.4 Å². The van der Waals surface area contributed by atoms with E-state index < -0.39 is 0 Å². The molecule has 18 heavy (non-hydrogen) atoms. The average Bonchev–Trinajstić information content (AvgIpc) is 2.29. The van der Waals surface area contributed by atoms with Crippen molar-refractivity contribution in [1.29, 1.82) is 0 Å². The van der Waals surface area contributed by atoms with Crippen LogP contribution in [0.3, 0.4) is 0 Å². The van der Waals surface area contributed by atoms with Gasteiger partial charge in [0.1, 0.15) is 38.7 Å². The molecule has 0 spiro atoms. The Labute approximate surface area is 106 Å². The second kappa shape index (κ2) is 4.22. The second-order valence-electron chi connectivity index (χ2n) is 4.31. The Balaban J connectivity index is 2.69. The summed E-state index contributed by atoms with van der Waals surface area (Å²) in [7, 11) is 3.32. The molecular formula is C12H12B2O4. The zero-order chi connectivity index (χ0) is 13.4. The Morgan fingerprint density at radius 1 is 0.556 bits per heavy atom. The lowest BCUT2D eigenvalue weighted by atomic mass is 9.88. The van der Waals surface area contributed by atoms with Gasteiger partial charge in [0.2, 0.25) is 0 Å². The summed E-state index contributed by atoms with van der Waals surface area (Å²) >= 11 is 0. The fourth-order valence-corrected chi connectivity index (χ4v) is 1.79. The fourth-order valence-electron chi connectivity index (χ4n) is 1.79. The first kappa shape index (κ1) is 12.2. The van der Waals surface area contributed by atoms with E-state index in [9.17, 15) is 20.4 Å². The van der Waals surface area contributed by atoms with Crippen LogP contribution in [0.4, 0.5) is 0 Å². The number of hydrogen-bond acceptors (Lipinski definition) is 4. The summed E-state index contributed by atoms with van der Waals surface area (Å²) < 4.78 is 0. The third-order valence-corrected chi connectivity index (χ3v) is 2.92. The Morgan fingerprint density at radius 2 is 0.889 bits per heavy atom. The summed E-state index contributed by atoms with van der Waals surface area (Å²) in [6, 6.07) is 5.52. The van der Waals surface area contributed by atoms with Gasteiger partial charge in [0.05, 0.1) is 0 Å². The molecular weight excluding hydrogens is 230 g/mol. The molecule has 0 aliphatic carbocycles. The Bertz CT molecular complexity index is 570. The van der Waals surface area contributed by atoms with E-state index in [0.717, 1.165) is 0 Å². The molecule has 4 N–H and O–H groups in total. The summed E-state index contributed by atoms with van der Waals surface area (Å²) in [5.74, 6) is -0.0998. The maximum atomic E-state index is 9.85. The van der Waals surface area contributed by atoms with Crippen LogP contribution in [0, 0.1) is 0 Å². The van der Waals surface area contributed by atoms with Gasteiger partial charge in [-0.05, 0) is 35.2 Å². The number of phenolic OH excluding ortho intramolecular Hbond substituents is 4. The predicted octanol–water partition coefficient (Wildman–Crippen LogP) is -1.31. The lowest BCUT2D eigenvalue weighted by molar-refractivity contribution is 0.458. The summed E-state index contributed by atoms with van der Waals surface area (Å²) in [6.45, 7) is 0. The summed E-state index contributed by atoms with van der Waals surface area (Å²) in [6.07, 6.45) is 0. The molecule has 0 radical (unpaired) electrons. The van der Waals surface area contributed by atoms with Gasteiger partial charge in [-0.2, -0.15) is 0 Å². The standard InChI is InChI=1S/C12H12B2O4/c13-7-3-9(15)5(1-11(7)17)6-2-12(18)8(14)4-10(6)16/h1-4,15-18H,13-14H2. The van der Waals surface area contributed by atoms with E-state index >= 15 is 0 Å². The molecule has 0 saturated carbocycles. The SMILES string of the molecule is Bc1cc(O)c(-c2cc(O)c(B)cc2O)cc1O. The number of aromatic hydroxyl groups is 4. The lowest BCUT2D eigenvalue weighted by Gasteiger charge is -2.11. The average molecular weight is 242 g/mol. The molecule has 0 saturated heterocycles. The quantitative estimate of drug-likeness (QED) is 0.369. The molecule has 4 nitrogen and oxygen atoms in total. The fraction of sp³-hybridized carbons (Fsp3) is 0. The Morgan fingerprint density at radius 3 is 1.22 bits per heavy atom. The number of benzene rings is 2. The van der Waals surface area contributed by atoms with E-state index in [1.54, 1.807) is 15.7 Å². The van der Waals surface area contributed by atoms with Crippen molar-refractivity contribution in [2.75, 3.05) is 0 Å². The van der Waals surface area contributed by atoms with E-state index in [1.165, 1.54) is 24.3 Å². The Kier molecular flexibility index (Phi) is 2.87. The molecule has 0 aromatic heterocycles. The van der Waals surface area contributed by atoms with Gasteiger partial charge in [0, 0.05) is 11.1 Å². The van der Waals surface area contributed by atoms with Crippen LogP contribution in [0.5, 0.6) is 23.0 Å². The normalized spacial score (nSPS) is 10.4. The van der Waals surface area contributed by atoms with Crippen molar-refractivity contribution in [3.05, 3.63) is 24.3 Å². The van der Waals surface area contributed by atoms with Crippen molar-refractivity contribution in [2.24, 2.45) is 0 Å². The molecule has 0 atom stereocenters. The van der Waals surface area contributed by atoms with Crippen molar-refractivity contribution in [3.8, 4) is 34.1 Å². The minimum atomic E-state index is -0.0659. The summed E-state index contributed by atoms with van der Waals surface area (Å²) in [5, 5.41) is 39.0. The monoisotopic (exact) mass is 242 g/mol. The second-order valence-corrected chi connectivity index (χ2v) is 4.31. The first-order valence-electron chi connectivity index (χ1n) is 5.45. The minimum Gasteiger partial charge on any atom is -0.509 e. The molecule has 0 bridgehead atoms. The molecule has 0 amide bonds.